The lowest BCUT2D eigenvalue weighted by molar-refractivity contribution is 0.0302. The van der Waals surface area contributed by atoms with Crippen molar-refractivity contribution in [3.63, 3.8) is 0 Å². The van der Waals surface area contributed by atoms with Crippen molar-refractivity contribution in [2.75, 3.05) is 13.1 Å². The highest BCUT2D eigenvalue weighted by atomic mass is 15.2. The third kappa shape index (κ3) is 3.03. The molecule has 1 aliphatic carbocycles. The summed E-state index contributed by atoms with van der Waals surface area (Å²) >= 11 is 0. The molecular formula is C15H30N2. The largest absolute Gasteiger partial charge is 0.327 e. The average molecular weight is 238 g/mol. The predicted molar refractivity (Wildman–Crippen MR) is 73.9 cm³/mol. The maximum atomic E-state index is 6.12. The van der Waals surface area contributed by atoms with E-state index in [9.17, 15) is 0 Å². The third-order valence-corrected chi connectivity index (χ3v) is 5.12. The summed E-state index contributed by atoms with van der Waals surface area (Å²) in [5.41, 5.74) is 6.68. The van der Waals surface area contributed by atoms with Crippen LogP contribution in [0.15, 0.2) is 0 Å². The zero-order chi connectivity index (χ0) is 12.6. The highest BCUT2D eigenvalue weighted by Gasteiger charge is 2.37. The first-order valence-electron chi connectivity index (χ1n) is 7.39. The van der Waals surface area contributed by atoms with Crippen molar-refractivity contribution in [1.29, 1.82) is 0 Å². The minimum atomic E-state index is 0.432. The zero-order valence-electron chi connectivity index (χ0n) is 12.1. The Balaban J connectivity index is 1.95. The number of nitrogens with zero attached hydrogens (tertiary/aromatic N) is 1. The van der Waals surface area contributed by atoms with E-state index in [1.54, 1.807) is 0 Å². The second-order valence-corrected chi connectivity index (χ2v) is 7.38. The molecule has 0 radical (unpaired) electrons. The van der Waals surface area contributed by atoms with Crippen LogP contribution in [-0.2, 0) is 0 Å². The van der Waals surface area contributed by atoms with Crippen molar-refractivity contribution >= 4 is 0 Å². The Morgan fingerprint density at radius 1 is 1.12 bits per heavy atom. The molecule has 17 heavy (non-hydrogen) atoms. The topological polar surface area (TPSA) is 29.3 Å². The third-order valence-electron chi connectivity index (χ3n) is 5.12. The van der Waals surface area contributed by atoms with Crippen LogP contribution in [0.1, 0.15) is 53.4 Å². The fraction of sp³-hybridized carbons (Fsp3) is 1.00. The molecule has 100 valence electrons. The molecule has 2 N–H and O–H groups in total. The summed E-state index contributed by atoms with van der Waals surface area (Å²) < 4.78 is 0. The molecule has 1 aliphatic heterocycles. The Bertz CT molecular complexity index is 262. The number of hydrogen-bond acceptors (Lipinski definition) is 2. The monoisotopic (exact) mass is 238 g/mol. The molecule has 2 nitrogen and oxygen atoms in total. The molecule has 2 fully saturated rings. The summed E-state index contributed by atoms with van der Waals surface area (Å²) in [4.78, 5) is 2.73. The highest BCUT2D eigenvalue weighted by Crippen LogP contribution is 2.41. The second-order valence-electron chi connectivity index (χ2n) is 7.38. The molecule has 0 spiro atoms. The number of hydrogen-bond donors (Lipinski definition) is 1. The molecule has 2 aliphatic rings. The van der Waals surface area contributed by atoms with Gasteiger partial charge < -0.3 is 5.73 Å². The molecule has 0 aromatic heterocycles. The Hall–Kier alpha value is -0.0800. The normalized spacial score (nSPS) is 43.6. The van der Waals surface area contributed by atoms with E-state index < -0.39 is 0 Å². The van der Waals surface area contributed by atoms with Gasteiger partial charge >= 0.3 is 0 Å². The standard InChI is InChI=1S/C15H30N2/c1-11-9-15(3,4)7-5-14(11)17-8-6-13(16)12(2)10-17/h11-14H,5-10,16H2,1-4H3. The van der Waals surface area contributed by atoms with Crippen LogP contribution >= 0.6 is 0 Å². The summed E-state index contributed by atoms with van der Waals surface area (Å²) in [5.74, 6) is 1.52. The lowest BCUT2D eigenvalue weighted by atomic mass is 9.69. The summed E-state index contributed by atoms with van der Waals surface area (Å²) in [7, 11) is 0. The van der Waals surface area contributed by atoms with Crippen LogP contribution in [0.25, 0.3) is 0 Å². The molecule has 2 heteroatoms. The second kappa shape index (κ2) is 4.89. The van der Waals surface area contributed by atoms with Gasteiger partial charge in [-0.3, -0.25) is 4.90 Å². The number of rotatable bonds is 1. The molecule has 1 saturated carbocycles. The minimum absolute atomic E-state index is 0.432. The quantitative estimate of drug-likeness (QED) is 0.761. The zero-order valence-corrected chi connectivity index (χ0v) is 12.1. The average Bonchev–Trinajstić information content (AvgIpc) is 2.21. The van der Waals surface area contributed by atoms with Gasteiger partial charge in [0.05, 0.1) is 0 Å². The van der Waals surface area contributed by atoms with Crippen molar-refractivity contribution in [1.82, 2.24) is 4.90 Å². The fourth-order valence-electron chi connectivity index (χ4n) is 3.97. The Labute approximate surface area is 107 Å². The predicted octanol–water partition coefficient (Wildman–Crippen LogP) is 2.87. The SMILES string of the molecule is CC1CN(C2CCC(C)(C)CC2C)CCC1N. The molecule has 4 unspecified atom stereocenters. The van der Waals surface area contributed by atoms with Gasteiger partial charge in [0.2, 0.25) is 0 Å². The van der Waals surface area contributed by atoms with E-state index in [0.717, 1.165) is 12.0 Å². The first-order chi connectivity index (χ1) is 7.89. The van der Waals surface area contributed by atoms with Gasteiger partial charge in [-0.15, -0.1) is 0 Å². The Kier molecular flexibility index (Phi) is 3.84. The molecule has 2 rings (SSSR count). The number of piperidine rings is 1. The van der Waals surface area contributed by atoms with Gasteiger partial charge in [-0.05, 0) is 49.5 Å². The number of nitrogens with two attached hydrogens (primary N) is 1. The molecule has 4 atom stereocenters. The highest BCUT2D eigenvalue weighted by molar-refractivity contribution is 4.91. The van der Waals surface area contributed by atoms with Crippen molar-refractivity contribution in [3.8, 4) is 0 Å². The van der Waals surface area contributed by atoms with E-state index >= 15 is 0 Å². The molecule has 0 aromatic carbocycles. The van der Waals surface area contributed by atoms with Crippen molar-refractivity contribution < 1.29 is 0 Å². The lowest BCUT2D eigenvalue weighted by Gasteiger charge is -2.47. The van der Waals surface area contributed by atoms with Crippen LogP contribution in [0.4, 0.5) is 0 Å². The van der Waals surface area contributed by atoms with E-state index in [0.29, 0.717) is 17.4 Å². The molecule has 0 aromatic rings. The van der Waals surface area contributed by atoms with Gasteiger partial charge in [0, 0.05) is 18.6 Å². The Morgan fingerprint density at radius 2 is 1.82 bits per heavy atom. The van der Waals surface area contributed by atoms with Crippen LogP contribution in [-0.4, -0.2) is 30.1 Å². The van der Waals surface area contributed by atoms with Crippen LogP contribution in [0, 0.1) is 17.3 Å². The van der Waals surface area contributed by atoms with Gasteiger partial charge in [0.25, 0.3) is 0 Å². The van der Waals surface area contributed by atoms with Crippen molar-refractivity contribution in [2.45, 2.75) is 65.5 Å². The maximum Gasteiger partial charge on any atom is 0.0121 e. The first kappa shape index (κ1) is 13.4. The summed E-state index contributed by atoms with van der Waals surface area (Å²) in [6.45, 7) is 12.1. The Morgan fingerprint density at radius 3 is 2.41 bits per heavy atom. The molecule has 1 saturated heterocycles. The van der Waals surface area contributed by atoms with Gasteiger partial charge in [-0.1, -0.05) is 27.7 Å². The fourth-order valence-corrected chi connectivity index (χ4v) is 3.97. The lowest BCUT2D eigenvalue weighted by Crippen LogP contribution is -2.53. The minimum Gasteiger partial charge on any atom is -0.327 e. The van der Waals surface area contributed by atoms with Crippen molar-refractivity contribution in [2.24, 2.45) is 23.0 Å². The van der Waals surface area contributed by atoms with E-state index in [4.69, 9.17) is 5.73 Å². The van der Waals surface area contributed by atoms with Crippen LogP contribution in [0.3, 0.4) is 0 Å². The van der Waals surface area contributed by atoms with Gasteiger partial charge in [-0.2, -0.15) is 0 Å². The van der Waals surface area contributed by atoms with Crippen LogP contribution in [0.5, 0.6) is 0 Å². The van der Waals surface area contributed by atoms with Crippen LogP contribution < -0.4 is 5.73 Å². The van der Waals surface area contributed by atoms with Gasteiger partial charge in [-0.25, -0.2) is 0 Å². The van der Waals surface area contributed by atoms with Crippen molar-refractivity contribution in [3.05, 3.63) is 0 Å². The van der Waals surface area contributed by atoms with E-state index in [1.807, 2.05) is 0 Å². The van der Waals surface area contributed by atoms with E-state index in [2.05, 4.69) is 32.6 Å². The molecule has 1 heterocycles. The summed E-state index contributed by atoms with van der Waals surface area (Å²) in [5, 5.41) is 0. The summed E-state index contributed by atoms with van der Waals surface area (Å²) in [6.07, 6.45) is 5.34. The first-order valence-corrected chi connectivity index (χ1v) is 7.39. The van der Waals surface area contributed by atoms with E-state index in [1.165, 1.54) is 38.8 Å². The molecule has 0 amide bonds. The molecule has 0 bridgehead atoms. The smallest absolute Gasteiger partial charge is 0.0121 e. The van der Waals surface area contributed by atoms with Gasteiger partial charge in [0.15, 0.2) is 0 Å². The summed E-state index contributed by atoms with van der Waals surface area (Å²) in [6, 6.07) is 1.25. The maximum absolute atomic E-state index is 6.12. The van der Waals surface area contributed by atoms with E-state index in [-0.39, 0.29) is 0 Å². The van der Waals surface area contributed by atoms with Crippen LogP contribution in [0.2, 0.25) is 0 Å². The van der Waals surface area contributed by atoms with Gasteiger partial charge in [0.1, 0.15) is 0 Å². The molecular weight excluding hydrogens is 208 g/mol. The number of likely N-dealkylation sites (tertiary alicyclic amines) is 1.